The van der Waals surface area contributed by atoms with Gasteiger partial charge in [0.2, 0.25) is 0 Å². The molecule has 0 aliphatic carbocycles. The standard InChI is InChI=1S/C24H23N7OS2/c32-23(30-19-9-5-4-8-18(19)29-16-6-2-1-3-7-16)31-24-26-14-17(34-24)10-12-25-22-21-20(11-13-33-21)27-15-28-22/h1-9,14-15,29H,10-13H2,(H,25,27,28)(H2,26,30,31,32). The second kappa shape index (κ2) is 10.5. The van der Waals surface area contributed by atoms with Crippen molar-refractivity contribution in [1.29, 1.82) is 0 Å². The number of rotatable bonds is 8. The Morgan fingerprint density at radius 3 is 2.65 bits per heavy atom. The number of aryl methyl sites for hydroxylation is 1. The van der Waals surface area contributed by atoms with Gasteiger partial charge in [-0.1, -0.05) is 30.3 Å². The van der Waals surface area contributed by atoms with Gasteiger partial charge in [0.15, 0.2) is 5.13 Å². The Balaban J connectivity index is 1.14. The largest absolute Gasteiger partial charge is 0.369 e. The molecule has 0 unspecified atom stereocenters. The third kappa shape index (κ3) is 5.46. The summed E-state index contributed by atoms with van der Waals surface area (Å²) in [6, 6.07) is 17.1. The lowest BCUT2D eigenvalue weighted by molar-refractivity contribution is 0.262. The highest BCUT2D eigenvalue weighted by atomic mass is 32.2. The number of urea groups is 1. The van der Waals surface area contributed by atoms with E-state index in [4.69, 9.17) is 0 Å². The normalized spacial score (nSPS) is 12.1. The average molecular weight is 490 g/mol. The molecule has 2 aromatic heterocycles. The third-order valence-corrected chi connectivity index (χ3v) is 7.23. The second-order valence-electron chi connectivity index (χ2n) is 7.52. The first kappa shape index (κ1) is 22.2. The van der Waals surface area contributed by atoms with Gasteiger partial charge in [0.1, 0.15) is 12.1 Å². The lowest BCUT2D eigenvalue weighted by atomic mass is 10.2. The van der Waals surface area contributed by atoms with Crippen LogP contribution in [0.3, 0.4) is 0 Å². The summed E-state index contributed by atoms with van der Waals surface area (Å²) in [4.78, 5) is 27.9. The summed E-state index contributed by atoms with van der Waals surface area (Å²) < 4.78 is 0. The number of nitrogens with one attached hydrogen (secondary N) is 4. The summed E-state index contributed by atoms with van der Waals surface area (Å²) in [5, 5.41) is 13.0. The van der Waals surface area contributed by atoms with Crippen LogP contribution in [0.5, 0.6) is 0 Å². The molecule has 4 N–H and O–H groups in total. The number of nitrogens with zero attached hydrogens (tertiary/aromatic N) is 3. The van der Waals surface area contributed by atoms with Crippen LogP contribution in [0.25, 0.3) is 0 Å². The highest BCUT2D eigenvalue weighted by molar-refractivity contribution is 7.99. The Hall–Kier alpha value is -3.63. The van der Waals surface area contributed by atoms with Crippen LogP contribution < -0.4 is 21.3 Å². The lowest BCUT2D eigenvalue weighted by Gasteiger charge is -2.13. The van der Waals surface area contributed by atoms with E-state index in [-0.39, 0.29) is 6.03 Å². The van der Waals surface area contributed by atoms with Crippen LogP contribution in [0.2, 0.25) is 0 Å². The quantitative estimate of drug-likeness (QED) is 0.254. The fourth-order valence-electron chi connectivity index (χ4n) is 3.53. The minimum Gasteiger partial charge on any atom is -0.369 e. The van der Waals surface area contributed by atoms with Gasteiger partial charge in [-0.2, -0.15) is 0 Å². The molecule has 0 radical (unpaired) electrons. The van der Waals surface area contributed by atoms with E-state index >= 15 is 0 Å². The molecule has 10 heteroatoms. The van der Waals surface area contributed by atoms with Crippen LogP contribution in [0.15, 0.2) is 72.0 Å². The summed E-state index contributed by atoms with van der Waals surface area (Å²) in [5.74, 6) is 1.96. The Bertz CT molecular complexity index is 1280. The monoisotopic (exact) mass is 489 g/mol. The molecular formula is C24H23N7OS2. The van der Waals surface area contributed by atoms with Gasteiger partial charge in [-0.15, -0.1) is 23.1 Å². The molecule has 172 valence electrons. The number of anilines is 5. The number of carbonyl (C=O) groups is 1. The van der Waals surface area contributed by atoms with E-state index in [0.717, 1.165) is 57.8 Å². The number of amides is 2. The van der Waals surface area contributed by atoms with Crippen molar-refractivity contribution < 1.29 is 4.79 Å². The zero-order valence-electron chi connectivity index (χ0n) is 18.2. The van der Waals surface area contributed by atoms with Crippen LogP contribution in [0.4, 0.5) is 32.8 Å². The summed E-state index contributed by atoms with van der Waals surface area (Å²) in [6.07, 6.45) is 5.20. The summed E-state index contributed by atoms with van der Waals surface area (Å²) in [5.41, 5.74) is 3.56. The lowest BCUT2D eigenvalue weighted by Crippen LogP contribution is -2.19. The number of thioether (sulfide) groups is 1. The first-order valence-corrected chi connectivity index (χ1v) is 12.7. The van der Waals surface area contributed by atoms with Crippen molar-refractivity contribution in [1.82, 2.24) is 15.0 Å². The molecule has 34 heavy (non-hydrogen) atoms. The molecule has 5 rings (SSSR count). The SMILES string of the molecule is O=C(Nc1ncc(CCNc2ncnc3c2SCC3)s1)Nc1ccccc1Nc1ccccc1. The summed E-state index contributed by atoms with van der Waals surface area (Å²) in [6.45, 7) is 0.733. The molecule has 8 nitrogen and oxygen atoms in total. The van der Waals surface area contributed by atoms with Crippen molar-refractivity contribution in [3.8, 4) is 0 Å². The zero-order valence-corrected chi connectivity index (χ0v) is 19.9. The van der Waals surface area contributed by atoms with Crippen LogP contribution in [0, 0.1) is 0 Å². The Labute approximate surface area is 205 Å². The van der Waals surface area contributed by atoms with Crippen LogP contribution in [-0.2, 0) is 12.8 Å². The van der Waals surface area contributed by atoms with Crippen molar-refractivity contribution in [3.63, 3.8) is 0 Å². The highest BCUT2D eigenvalue weighted by Gasteiger charge is 2.17. The minimum atomic E-state index is -0.338. The minimum absolute atomic E-state index is 0.338. The summed E-state index contributed by atoms with van der Waals surface area (Å²) >= 11 is 3.26. The van der Waals surface area contributed by atoms with Gasteiger partial charge in [-0.25, -0.2) is 19.7 Å². The number of hydrogen-bond donors (Lipinski definition) is 4. The van der Waals surface area contributed by atoms with E-state index in [0.29, 0.717) is 10.8 Å². The Kier molecular flexibility index (Phi) is 6.87. The predicted molar refractivity (Wildman–Crippen MR) is 140 cm³/mol. The van der Waals surface area contributed by atoms with Crippen LogP contribution in [0.1, 0.15) is 10.6 Å². The molecule has 3 heterocycles. The molecule has 0 saturated carbocycles. The number of thiazole rings is 1. The molecule has 1 aliphatic heterocycles. The smallest absolute Gasteiger partial charge is 0.325 e. The fourth-order valence-corrected chi connectivity index (χ4v) is 5.42. The van der Waals surface area contributed by atoms with Crippen molar-refractivity contribution >= 4 is 57.1 Å². The Morgan fingerprint density at radius 2 is 1.76 bits per heavy atom. The first-order chi connectivity index (χ1) is 16.7. The van der Waals surface area contributed by atoms with Gasteiger partial charge in [-0.3, -0.25) is 5.32 Å². The fraction of sp³-hybridized carbons (Fsp3) is 0.167. The highest BCUT2D eigenvalue weighted by Crippen LogP contribution is 2.34. The molecule has 0 bridgehead atoms. The number of benzene rings is 2. The van der Waals surface area contributed by atoms with E-state index in [1.54, 1.807) is 24.3 Å². The topological polar surface area (TPSA) is 104 Å². The maximum Gasteiger partial charge on any atom is 0.325 e. The first-order valence-electron chi connectivity index (χ1n) is 10.9. The van der Waals surface area contributed by atoms with Gasteiger partial charge in [0.25, 0.3) is 0 Å². The van der Waals surface area contributed by atoms with Gasteiger partial charge in [0.05, 0.1) is 22.0 Å². The maximum atomic E-state index is 12.6. The van der Waals surface area contributed by atoms with E-state index < -0.39 is 0 Å². The molecular weight excluding hydrogens is 466 g/mol. The van der Waals surface area contributed by atoms with Gasteiger partial charge >= 0.3 is 6.03 Å². The maximum absolute atomic E-state index is 12.6. The predicted octanol–water partition coefficient (Wildman–Crippen LogP) is 5.62. The number of para-hydroxylation sites is 3. The van der Waals surface area contributed by atoms with Gasteiger partial charge in [0, 0.05) is 41.9 Å². The number of hydrogen-bond acceptors (Lipinski definition) is 8. The third-order valence-electron chi connectivity index (χ3n) is 5.13. The van der Waals surface area contributed by atoms with Gasteiger partial charge < -0.3 is 16.0 Å². The molecule has 2 amide bonds. The average Bonchev–Trinajstić information content (AvgIpc) is 3.51. The van der Waals surface area contributed by atoms with Gasteiger partial charge in [-0.05, 0) is 24.3 Å². The summed E-state index contributed by atoms with van der Waals surface area (Å²) in [7, 11) is 0. The Morgan fingerprint density at radius 1 is 0.941 bits per heavy atom. The molecule has 0 saturated heterocycles. The zero-order chi connectivity index (χ0) is 23.2. The van der Waals surface area contributed by atoms with Crippen LogP contribution >= 0.6 is 23.1 Å². The second-order valence-corrected chi connectivity index (χ2v) is 9.74. The number of fused-ring (bicyclic) bond motifs is 1. The van der Waals surface area contributed by atoms with E-state index in [9.17, 15) is 4.79 Å². The van der Waals surface area contributed by atoms with Crippen LogP contribution in [-0.4, -0.2) is 33.3 Å². The van der Waals surface area contributed by atoms with E-state index in [2.05, 4.69) is 36.2 Å². The number of carbonyl (C=O) groups excluding carboxylic acids is 1. The van der Waals surface area contributed by atoms with Crippen molar-refractivity contribution in [3.05, 3.63) is 77.7 Å². The molecule has 0 atom stereocenters. The molecule has 1 aliphatic rings. The molecule has 0 fully saturated rings. The van der Waals surface area contributed by atoms with E-state index in [1.165, 1.54) is 11.3 Å². The van der Waals surface area contributed by atoms with Crippen molar-refractivity contribution in [2.75, 3.05) is 33.6 Å². The molecule has 4 aromatic rings. The van der Waals surface area contributed by atoms with Crippen molar-refractivity contribution in [2.45, 2.75) is 17.7 Å². The molecule has 2 aromatic carbocycles. The number of aromatic nitrogens is 3. The van der Waals surface area contributed by atoms with Crippen molar-refractivity contribution in [2.24, 2.45) is 0 Å². The molecule has 0 spiro atoms. The van der Waals surface area contributed by atoms with E-state index in [1.807, 2.05) is 54.6 Å².